The normalized spacial score (nSPS) is 14.5. The van der Waals surface area contributed by atoms with Crippen molar-refractivity contribution in [1.29, 1.82) is 0 Å². The monoisotopic (exact) mass is 352 g/mol. The number of esters is 1. The minimum atomic E-state index is -0.799. The average molecular weight is 352 g/mol. The highest BCUT2D eigenvalue weighted by molar-refractivity contribution is 6.02. The zero-order valence-electron chi connectivity index (χ0n) is 14.5. The van der Waals surface area contributed by atoms with E-state index in [1.54, 1.807) is 19.1 Å². The second kappa shape index (κ2) is 8.29. The van der Waals surface area contributed by atoms with Crippen molar-refractivity contribution >= 4 is 17.6 Å². The van der Waals surface area contributed by atoms with Crippen LogP contribution in [0.15, 0.2) is 65.8 Å². The van der Waals surface area contributed by atoms with E-state index >= 15 is 0 Å². The van der Waals surface area contributed by atoms with Crippen molar-refractivity contribution in [2.75, 3.05) is 13.2 Å². The molecule has 0 aliphatic carbocycles. The van der Waals surface area contributed by atoms with Gasteiger partial charge in [0, 0.05) is 6.42 Å². The van der Waals surface area contributed by atoms with Crippen molar-refractivity contribution in [3.8, 4) is 5.75 Å². The largest absolute Gasteiger partial charge is 0.479 e. The second-order valence-corrected chi connectivity index (χ2v) is 5.86. The molecule has 0 saturated carbocycles. The molecule has 0 fully saturated rings. The van der Waals surface area contributed by atoms with Crippen LogP contribution in [0.5, 0.6) is 5.75 Å². The summed E-state index contributed by atoms with van der Waals surface area (Å²) >= 11 is 0. The Bertz CT molecular complexity index is 790. The molecule has 1 aliphatic rings. The van der Waals surface area contributed by atoms with Gasteiger partial charge in [-0.15, -0.1) is 0 Å². The van der Waals surface area contributed by atoms with Gasteiger partial charge in [0.15, 0.2) is 12.7 Å². The fourth-order valence-electron chi connectivity index (χ4n) is 2.55. The molecule has 0 aromatic heterocycles. The lowest BCUT2D eigenvalue weighted by Gasteiger charge is -2.15. The van der Waals surface area contributed by atoms with Gasteiger partial charge in [-0.05, 0) is 24.6 Å². The molecule has 2 aromatic carbocycles. The summed E-state index contributed by atoms with van der Waals surface area (Å²) in [4.78, 5) is 24.2. The highest BCUT2D eigenvalue weighted by Gasteiger charge is 2.24. The Labute approximate surface area is 152 Å². The Morgan fingerprint density at radius 2 is 1.73 bits per heavy atom. The van der Waals surface area contributed by atoms with E-state index in [-0.39, 0.29) is 12.5 Å². The number of amides is 1. The van der Waals surface area contributed by atoms with Gasteiger partial charge in [-0.2, -0.15) is 5.10 Å². The number of carbonyl (C=O) groups excluding carboxylic acids is 2. The van der Waals surface area contributed by atoms with E-state index in [1.165, 1.54) is 5.01 Å². The van der Waals surface area contributed by atoms with Crippen LogP contribution in [0.1, 0.15) is 18.9 Å². The van der Waals surface area contributed by atoms with Crippen LogP contribution in [0.25, 0.3) is 0 Å². The van der Waals surface area contributed by atoms with Crippen molar-refractivity contribution in [2.24, 2.45) is 5.10 Å². The topological polar surface area (TPSA) is 68.2 Å². The van der Waals surface area contributed by atoms with E-state index < -0.39 is 12.1 Å². The minimum absolute atomic E-state index is 0.351. The Hall–Kier alpha value is -3.15. The molecular formula is C20H20N2O4. The number of rotatable bonds is 6. The van der Waals surface area contributed by atoms with Crippen LogP contribution in [-0.4, -0.2) is 41.9 Å². The van der Waals surface area contributed by atoms with Crippen molar-refractivity contribution in [2.45, 2.75) is 19.4 Å². The number of hydrogen-bond donors (Lipinski definition) is 0. The maximum absolute atomic E-state index is 12.2. The molecule has 0 saturated heterocycles. The van der Waals surface area contributed by atoms with Gasteiger partial charge in [0.05, 0.1) is 12.3 Å². The number of nitrogens with zero attached hydrogens (tertiary/aromatic N) is 2. The first-order chi connectivity index (χ1) is 12.6. The summed E-state index contributed by atoms with van der Waals surface area (Å²) in [6, 6.07) is 18.7. The van der Waals surface area contributed by atoms with Gasteiger partial charge < -0.3 is 9.47 Å². The molecule has 6 heteroatoms. The van der Waals surface area contributed by atoms with Gasteiger partial charge in [0.2, 0.25) is 0 Å². The van der Waals surface area contributed by atoms with Crippen molar-refractivity contribution in [3.05, 3.63) is 66.2 Å². The van der Waals surface area contributed by atoms with Gasteiger partial charge >= 0.3 is 5.97 Å². The first-order valence-corrected chi connectivity index (χ1v) is 8.45. The molecule has 0 N–H and O–H groups in total. The molecule has 2 aromatic rings. The first kappa shape index (κ1) is 17.7. The third kappa shape index (κ3) is 4.47. The summed E-state index contributed by atoms with van der Waals surface area (Å²) in [6.45, 7) is 1.71. The Balaban J connectivity index is 1.49. The first-order valence-electron chi connectivity index (χ1n) is 8.45. The van der Waals surface area contributed by atoms with Gasteiger partial charge in [0.1, 0.15) is 5.75 Å². The quantitative estimate of drug-likeness (QED) is 0.750. The maximum Gasteiger partial charge on any atom is 0.347 e. The molecule has 0 unspecified atom stereocenters. The molecule has 1 heterocycles. The fraction of sp³-hybridized carbons (Fsp3) is 0.250. The SMILES string of the molecule is C[C@H](Oc1ccccc1)C(=O)OCC(=O)N1CCC(c2ccccc2)=N1. The maximum atomic E-state index is 12.2. The highest BCUT2D eigenvalue weighted by atomic mass is 16.6. The number of hydrazone groups is 1. The molecule has 0 radical (unpaired) electrons. The minimum Gasteiger partial charge on any atom is -0.479 e. The van der Waals surface area contributed by atoms with Gasteiger partial charge in [-0.1, -0.05) is 48.5 Å². The molecule has 0 bridgehead atoms. The van der Waals surface area contributed by atoms with E-state index in [0.717, 1.165) is 11.3 Å². The summed E-state index contributed by atoms with van der Waals surface area (Å²) in [6.07, 6.45) is -0.121. The Morgan fingerprint density at radius 3 is 2.42 bits per heavy atom. The molecule has 1 aliphatic heterocycles. The van der Waals surface area contributed by atoms with Crippen molar-refractivity contribution in [1.82, 2.24) is 5.01 Å². The molecule has 1 atom stereocenters. The molecule has 6 nitrogen and oxygen atoms in total. The predicted octanol–water partition coefficient (Wildman–Crippen LogP) is 2.63. The summed E-state index contributed by atoms with van der Waals surface area (Å²) in [5.41, 5.74) is 1.84. The number of hydrogen-bond acceptors (Lipinski definition) is 5. The van der Waals surface area contributed by atoms with Gasteiger partial charge in [-0.25, -0.2) is 9.80 Å². The highest BCUT2D eigenvalue weighted by Crippen LogP contribution is 2.14. The molecule has 134 valence electrons. The van der Waals surface area contributed by atoms with Crippen LogP contribution in [0.3, 0.4) is 0 Å². The van der Waals surface area contributed by atoms with Crippen molar-refractivity contribution < 1.29 is 19.1 Å². The number of para-hydroxylation sites is 1. The van der Waals surface area contributed by atoms with Crippen LogP contribution in [0.4, 0.5) is 0 Å². The number of carbonyl (C=O) groups is 2. The smallest absolute Gasteiger partial charge is 0.347 e. The van der Waals surface area contributed by atoms with E-state index in [1.807, 2.05) is 48.5 Å². The lowest BCUT2D eigenvalue weighted by molar-refractivity contribution is -0.157. The van der Waals surface area contributed by atoms with Crippen LogP contribution >= 0.6 is 0 Å². The molecular weight excluding hydrogens is 332 g/mol. The predicted molar refractivity (Wildman–Crippen MR) is 96.8 cm³/mol. The van der Waals surface area contributed by atoms with E-state index in [4.69, 9.17) is 9.47 Å². The third-order valence-electron chi connectivity index (χ3n) is 3.92. The van der Waals surface area contributed by atoms with E-state index in [9.17, 15) is 9.59 Å². The zero-order valence-corrected chi connectivity index (χ0v) is 14.5. The summed E-state index contributed by atoms with van der Waals surface area (Å²) in [7, 11) is 0. The second-order valence-electron chi connectivity index (χ2n) is 5.86. The average Bonchev–Trinajstić information content (AvgIpc) is 3.17. The summed E-state index contributed by atoms with van der Waals surface area (Å²) in [5, 5.41) is 5.67. The summed E-state index contributed by atoms with van der Waals surface area (Å²) < 4.78 is 10.5. The summed E-state index contributed by atoms with van der Waals surface area (Å²) in [5.74, 6) is -0.371. The zero-order chi connectivity index (χ0) is 18.4. The number of ether oxygens (including phenoxy) is 2. The van der Waals surface area contributed by atoms with Gasteiger partial charge in [0.25, 0.3) is 5.91 Å². The van der Waals surface area contributed by atoms with Crippen LogP contribution in [0.2, 0.25) is 0 Å². The van der Waals surface area contributed by atoms with Crippen LogP contribution in [0, 0.1) is 0 Å². The molecule has 1 amide bonds. The third-order valence-corrected chi connectivity index (χ3v) is 3.92. The number of benzene rings is 2. The molecule has 26 heavy (non-hydrogen) atoms. The van der Waals surface area contributed by atoms with Crippen LogP contribution in [-0.2, 0) is 14.3 Å². The van der Waals surface area contributed by atoms with Crippen LogP contribution < -0.4 is 4.74 Å². The van der Waals surface area contributed by atoms with E-state index in [2.05, 4.69) is 5.10 Å². The molecule has 0 spiro atoms. The van der Waals surface area contributed by atoms with Gasteiger partial charge in [-0.3, -0.25) is 4.79 Å². The fourth-order valence-corrected chi connectivity index (χ4v) is 2.55. The van der Waals surface area contributed by atoms with Crippen molar-refractivity contribution in [3.63, 3.8) is 0 Å². The lowest BCUT2D eigenvalue weighted by Crippen LogP contribution is -2.32. The standard InChI is InChI=1S/C20H20N2O4/c1-15(26-17-10-6-3-7-11-17)20(24)25-14-19(23)22-13-12-18(21-22)16-8-4-2-5-9-16/h2-11,15H,12-14H2,1H3/t15-/m0/s1. The molecule has 3 rings (SSSR count). The Kier molecular flexibility index (Phi) is 5.63. The lowest BCUT2D eigenvalue weighted by atomic mass is 10.1. The van der Waals surface area contributed by atoms with E-state index in [0.29, 0.717) is 18.7 Å². The Morgan fingerprint density at radius 1 is 1.08 bits per heavy atom.